The van der Waals surface area contributed by atoms with Gasteiger partial charge in [0.05, 0.1) is 25.6 Å². The maximum atomic E-state index is 13.1. The standard InChI is InChI=1S/C22H23N5O3S/c1-26(2)12-17-20(24-19-7-5-6-10-27(17)19)21(28)25-22-23-16(13-31-22)15-11-14(29-3)8-9-18(15)30-4/h5-11,13H,12H2,1-4H3,(H,23,25,28). The summed E-state index contributed by atoms with van der Waals surface area (Å²) in [5, 5.41) is 5.25. The van der Waals surface area contributed by atoms with E-state index >= 15 is 0 Å². The lowest BCUT2D eigenvalue weighted by molar-refractivity contribution is 0.102. The fourth-order valence-electron chi connectivity index (χ4n) is 3.30. The van der Waals surface area contributed by atoms with Gasteiger partial charge in [-0.05, 0) is 44.4 Å². The third-order valence-electron chi connectivity index (χ3n) is 4.72. The predicted molar refractivity (Wildman–Crippen MR) is 121 cm³/mol. The molecule has 160 valence electrons. The SMILES string of the molecule is COc1ccc(OC)c(-c2csc(NC(=O)c3nc4ccccn4c3CN(C)C)n2)c1. The van der Waals surface area contributed by atoms with Crippen LogP contribution in [-0.2, 0) is 6.54 Å². The van der Waals surface area contributed by atoms with Gasteiger partial charge in [0.2, 0.25) is 0 Å². The molecule has 3 aromatic heterocycles. The van der Waals surface area contributed by atoms with Crippen LogP contribution < -0.4 is 14.8 Å². The molecule has 0 spiro atoms. The number of carbonyl (C=O) groups excluding carboxylic acids is 1. The monoisotopic (exact) mass is 437 g/mol. The topological polar surface area (TPSA) is 81.0 Å². The lowest BCUT2D eigenvalue weighted by Crippen LogP contribution is -2.19. The van der Waals surface area contributed by atoms with Crippen molar-refractivity contribution in [2.45, 2.75) is 6.54 Å². The van der Waals surface area contributed by atoms with Crippen molar-refractivity contribution >= 4 is 28.0 Å². The molecule has 0 saturated heterocycles. The van der Waals surface area contributed by atoms with Crippen LogP contribution in [0, 0.1) is 0 Å². The number of nitrogens with one attached hydrogen (secondary N) is 1. The van der Waals surface area contributed by atoms with Crippen molar-refractivity contribution in [3.8, 4) is 22.8 Å². The molecule has 0 unspecified atom stereocenters. The lowest BCUT2D eigenvalue weighted by Gasteiger charge is -2.11. The molecule has 1 amide bonds. The molecule has 0 aliphatic carbocycles. The first kappa shape index (κ1) is 20.8. The van der Waals surface area contributed by atoms with Crippen molar-refractivity contribution in [3.63, 3.8) is 0 Å². The third kappa shape index (κ3) is 4.23. The number of hydrogen-bond acceptors (Lipinski definition) is 7. The lowest BCUT2D eigenvalue weighted by atomic mass is 10.1. The van der Waals surface area contributed by atoms with Gasteiger partial charge in [0.25, 0.3) is 5.91 Å². The van der Waals surface area contributed by atoms with E-state index in [1.807, 2.05) is 71.4 Å². The van der Waals surface area contributed by atoms with Gasteiger partial charge in [-0.1, -0.05) is 6.07 Å². The molecular weight excluding hydrogens is 414 g/mol. The van der Waals surface area contributed by atoms with Gasteiger partial charge >= 0.3 is 0 Å². The van der Waals surface area contributed by atoms with Crippen molar-refractivity contribution in [3.05, 3.63) is 59.4 Å². The molecule has 31 heavy (non-hydrogen) atoms. The number of hydrogen-bond donors (Lipinski definition) is 1. The molecule has 4 aromatic rings. The molecule has 3 heterocycles. The zero-order chi connectivity index (χ0) is 22.0. The predicted octanol–water partition coefficient (Wildman–Crippen LogP) is 3.79. The van der Waals surface area contributed by atoms with Crippen LogP contribution in [0.3, 0.4) is 0 Å². The number of anilines is 1. The summed E-state index contributed by atoms with van der Waals surface area (Å²) in [5.41, 5.74) is 3.42. The quantitative estimate of drug-likeness (QED) is 0.474. The van der Waals surface area contributed by atoms with E-state index in [-0.39, 0.29) is 5.91 Å². The molecule has 1 N–H and O–H groups in total. The molecule has 0 fully saturated rings. The van der Waals surface area contributed by atoms with E-state index in [4.69, 9.17) is 9.47 Å². The number of benzene rings is 1. The number of aromatic nitrogens is 3. The number of amides is 1. The molecule has 8 nitrogen and oxygen atoms in total. The zero-order valence-corrected chi connectivity index (χ0v) is 18.6. The number of carbonyl (C=O) groups is 1. The van der Waals surface area contributed by atoms with Crippen molar-refractivity contribution in [2.24, 2.45) is 0 Å². The van der Waals surface area contributed by atoms with E-state index in [0.29, 0.717) is 34.6 Å². The number of fused-ring (bicyclic) bond motifs is 1. The van der Waals surface area contributed by atoms with Gasteiger partial charge < -0.3 is 18.8 Å². The second-order valence-corrected chi connectivity index (χ2v) is 7.99. The molecular formula is C22H23N5O3S. The Morgan fingerprint density at radius 2 is 2.00 bits per heavy atom. The van der Waals surface area contributed by atoms with Crippen molar-refractivity contribution < 1.29 is 14.3 Å². The van der Waals surface area contributed by atoms with Gasteiger partial charge in [-0.25, -0.2) is 9.97 Å². The summed E-state index contributed by atoms with van der Waals surface area (Å²) < 4.78 is 12.7. The van der Waals surface area contributed by atoms with Crippen LogP contribution in [-0.4, -0.2) is 53.5 Å². The van der Waals surface area contributed by atoms with E-state index in [0.717, 1.165) is 16.9 Å². The first-order valence-electron chi connectivity index (χ1n) is 9.60. The molecule has 1 aromatic carbocycles. The van der Waals surface area contributed by atoms with Crippen LogP contribution in [0.1, 0.15) is 16.2 Å². The molecule has 4 rings (SSSR count). The minimum Gasteiger partial charge on any atom is -0.497 e. The number of imidazole rings is 1. The van der Waals surface area contributed by atoms with Gasteiger partial charge in [-0.3, -0.25) is 10.1 Å². The van der Waals surface area contributed by atoms with Gasteiger partial charge in [0.15, 0.2) is 10.8 Å². The summed E-state index contributed by atoms with van der Waals surface area (Å²) >= 11 is 1.34. The Balaban J connectivity index is 1.64. The average Bonchev–Trinajstić information content (AvgIpc) is 3.38. The summed E-state index contributed by atoms with van der Waals surface area (Å²) in [6.45, 7) is 0.581. The van der Waals surface area contributed by atoms with Crippen LogP contribution in [0.15, 0.2) is 48.0 Å². The maximum Gasteiger partial charge on any atom is 0.278 e. The van der Waals surface area contributed by atoms with Gasteiger partial charge in [-0.2, -0.15) is 0 Å². The number of methoxy groups -OCH3 is 2. The molecule has 0 radical (unpaired) electrons. The Bertz CT molecular complexity index is 1230. The number of ether oxygens (including phenoxy) is 2. The van der Waals surface area contributed by atoms with Crippen LogP contribution in [0.25, 0.3) is 16.9 Å². The smallest absolute Gasteiger partial charge is 0.278 e. The Morgan fingerprint density at radius 3 is 2.74 bits per heavy atom. The molecule has 0 saturated carbocycles. The van der Waals surface area contributed by atoms with Crippen molar-refractivity contribution in [1.82, 2.24) is 19.3 Å². The number of thiazole rings is 1. The Labute approximate surface area is 184 Å². The van der Waals surface area contributed by atoms with E-state index in [9.17, 15) is 4.79 Å². The first-order valence-corrected chi connectivity index (χ1v) is 10.5. The number of nitrogens with zero attached hydrogens (tertiary/aromatic N) is 4. The highest BCUT2D eigenvalue weighted by molar-refractivity contribution is 7.14. The van der Waals surface area contributed by atoms with Gasteiger partial charge in [0.1, 0.15) is 17.1 Å². The molecule has 0 aliphatic heterocycles. The largest absolute Gasteiger partial charge is 0.497 e. The second-order valence-electron chi connectivity index (χ2n) is 7.13. The van der Waals surface area contributed by atoms with Crippen LogP contribution in [0.5, 0.6) is 11.5 Å². The normalized spacial score (nSPS) is 11.1. The second kappa shape index (κ2) is 8.75. The summed E-state index contributed by atoms with van der Waals surface area (Å²) in [4.78, 5) is 24.2. The van der Waals surface area contributed by atoms with Crippen LogP contribution in [0.2, 0.25) is 0 Å². The minimum atomic E-state index is -0.293. The Morgan fingerprint density at radius 1 is 1.16 bits per heavy atom. The van der Waals surface area contributed by atoms with Crippen LogP contribution in [0.4, 0.5) is 5.13 Å². The number of pyridine rings is 1. The summed E-state index contributed by atoms with van der Waals surface area (Å²) in [6, 6.07) is 11.2. The third-order valence-corrected chi connectivity index (χ3v) is 5.47. The summed E-state index contributed by atoms with van der Waals surface area (Å²) in [6.07, 6.45) is 1.91. The Hall–Kier alpha value is -3.43. The molecule has 0 atom stereocenters. The summed E-state index contributed by atoms with van der Waals surface area (Å²) in [5.74, 6) is 1.09. The highest BCUT2D eigenvalue weighted by Crippen LogP contribution is 2.35. The molecule has 0 bridgehead atoms. The van der Waals surface area contributed by atoms with Gasteiger partial charge in [0, 0.05) is 23.7 Å². The average molecular weight is 438 g/mol. The highest BCUT2D eigenvalue weighted by atomic mass is 32.1. The first-order chi connectivity index (χ1) is 15.0. The van der Waals surface area contributed by atoms with Gasteiger partial charge in [-0.15, -0.1) is 11.3 Å². The van der Waals surface area contributed by atoms with E-state index in [1.54, 1.807) is 14.2 Å². The fourth-order valence-corrected chi connectivity index (χ4v) is 4.01. The Kier molecular flexibility index (Phi) is 5.88. The fraction of sp³-hybridized carbons (Fsp3) is 0.227. The maximum absolute atomic E-state index is 13.1. The highest BCUT2D eigenvalue weighted by Gasteiger charge is 2.21. The van der Waals surface area contributed by atoms with E-state index < -0.39 is 0 Å². The summed E-state index contributed by atoms with van der Waals surface area (Å²) in [7, 11) is 7.13. The molecule has 9 heteroatoms. The van der Waals surface area contributed by atoms with Crippen molar-refractivity contribution in [1.29, 1.82) is 0 Å². The number of rotatable bonds is 7. The van der Waals surface area contributed by atoms with Crippen molar-refractivity contribution in [2.75, 3.05) is 33.6 Å². The van der Waals surface area contributed by atoms with E-state index in [1.165, 1.54) is 11.3 Å². The molecule has 0 aliphatic rings. The van der Waals surface area contributed by atoms with Crippen LogP contribution >= 0.6 is 11.3 Å². The minimum absolute atomic E-state index is 0.293. The van der Waals surface area contributed by atoms with E-state index in [2.05, 4.69) is 15.3 Å². The zero-order valence-electron chi connectivity index (χ0n) is 17.7.